The molecule has 0 spiro atoms. The van der Waals surface area contributed by atoms with Gasteiger partial charge in [-0.05, 0) is 43.9 Å². The minimum absolute atomic E-state index is 0.0970. The lowest BCUT2D eigenvalue weighted by atomic mass is 10.1. The highest BCUT2D eigenvalue weighted by molar-refractivity contribution is 7.98. The number of furan rings is 1. The Morgan fingerprint density at radius 2 is 2.15 bits per heavy atom. The van der Waals surface area contributed by atoms with Crippen LogP contribution < -0.4 is 10.6 Å². The van der Waals surface area contributed by atoms with Crippen molar-refractivity contribution in [2.45, 2.75) is 38.8 Å². The predicted octanol–water partition coefficient (Wildman–Crippen LogP) is 2.05. The lowest BCUT2D eigenvalue weighted by Gasteiger charge is -2.20. The molecule has 5 nitrogen and oxygen atoms in total. The lowest BCUT2D eigenvalue weighted by Crippen LogP contribution is -2.49. The van der Waals surface area contributed by atoms with Crippen LogP contribution in [0.5, 0.6) is 0 Å². The van der Waals surface area contributed by atoms with E-state index in [4.69, 9.17) is 4.42 Å². The molecule has 6 heteroatoms. The monoisotopic (exact) mass is 298 g/mol. The Bertz CT molecular complexity index is 420. The van der Waals surface area contributed by atoms with Crippen molar-refractivity contribution in [2.75, 3.05) is 12.0 Å². The van der Waals surface area contributed by atoms with Crippen molar-refractivity contribution >= 4 is 23.6 Å². The predicted molar refractivity (Wildman–Crippen MR) is 80.9 cm³/mol. The van der Waals surface area contributed by atoms with Crippen LogP contribution >= 0.6 is 11.8 Å². The first-order valence-electron chi connectivity index (χ1n) is 6.72. The highest BCUT2D eigenvalue weighted by atomic mass is 32.2. The fourth-order valence-electron chi connectivity index (χ4n) is 1.59. The van der Waals surface area contributed by atoms with E-state index in [1.165, 1.54) is 6.26 Å². The van der Waals surface area contributed by atoms with Crippen LogP contribution in [0.4, 0.5) is 0 Å². The van der Waals surface area contributed by atoms with Crippen molar-refractivity contribution in [2.24, 2.45) is 0 Å². The van der Waals surface area contributed by atoms with Gasteiger partial charge in [-0.15, -0.1) is 0 Å². The molecule has 1 rings (SSSR count). The van der Waals surface area contributed by atoms with E-state index in [-0.39, 0.29) is 23.6 Å². The van der Waals surface area contributed by atoms with Crippen LogP contribution in [-0.2, 0) is 4.79 Å². The van der Waals surface area contributed by atoms with Gasteiger partial charge in [-0.1, -0.05) is 6.92 Å². The van der Waals surface area contributed by atoms with Gasteiger partial charge >= 0.3 is 0 Å². The largest absolute Gasteiger partial charge is 0.459 e. The van der Waals surface area contributed by atoms with Gasteiger partial charge < -0.3 is 15.1 Å². The Morgan fingerprint density at radius 3 is 2.70 bits per heavy atom. The second-order valence-electron chi connectivity index (χ2n) is 4.60. The molecular weight excluding hydrogens is 276 g/mol. The van der Waals surface area contributed by atoms with Crippen LogP contribution in [0.1, 0.15) is 37.2 Å². The van der Waals surface area contributed by atoms with Crippen LogP contribution in [-0.4, -0.2) is 35.9 Å². The smallest absolute Gasteiger partial charge is 0.287 e. The van der Waals surface area contributed by atoms with Gasteiger partial charge in [-0.3, -0.25) is 9.59 Å². The summed E-state index contributed by atoms with van der Waals surface area (Å²) in [6.45, 7) is 3.95. The first-order valence-corrected chi connectivity index (χ1v) is 8.11. The fourth-order valence-corrected chi connectivity index (χ4v) is 2.06. The van der Waals surface area contributed by atoms with E-state index in [1.807, 2.05) is 20.1 Å². The molecule has 0 fully saturated rings. The minimum atomic E-state index is -0.533. The number of hydrogen-bond donors (Lipinski definition) is 2. The van der Waals surface area contributed by atoms with Crippen LogP contribution in [0.3, 0.4) is 0 Å². The van der Waals surface area contributed by atoms with Crippen LogP contribution in [0.25, 0.3) is 0 Å². The maximum absolute atomic E-state index is 12.2. The van der Waals surface area contributed by atoms with Gasteiger partial charge in [0.15, 0.2) is 5.76 Å². The number of carbonyl (C=O) groups is 2. The van der Waals surface area contributed by atoms with Gasteiger partial charge in [-0.2, -0.15) is 11.8 Å². The summed E-state index contributed by atoms with van der Waals surface area (Å²) in [5.74, 6) is 0.515. The van der Waals surface area contributed by atoms with E-state index in [2.05, 4.69) is 10.6 Å². The van der Waals surface area contributed by atoms with E-state index < -0.39 is 6.04 Å². The third-order valence-electron chi connectivity index (χ3n) is 2.98. The normalized spacial score (nSPS) is 13.6. The zero-order chi connectivity index (χ0) is 15.0. The summed E-state index contributed by atoms with van der Waals surface area (Å²) in [5.41, 5.74) is 0. The van der Waals surface area contributed by atoms with Gasteiger partial charge in [0.25, 0.3) is 5.91 Å². The topological polar surface area (TPSA) is 71.3 Å². The molecule has 1 aromatic heterocycles. The molecule has 0 bridgehead atoms. The molecule has 0 unspecified atom stereocenters. The van der Waals surface area contributed by atoms with Gasteiger partial charge in [0, 0.05) is 6.04 Å². The number of amides is 2. The number of rotatable bonds is 8. The van der Waals surface area contributed by atoms with Gasteiger partial charge in [0.05, 0.1) is 6.26 Å². The number of nitrogens with one attached hydrogen (secondary N) is 2. The van der Waals surface area contributed by atoms with E-state index in [0.717, 1.165) is 12.2 Å². The Balaban J connectivity index is 2.63. The van der Waals surface area contributed by atoms with Gasteiger partial charge in [0.2, 0.25) is 5.91 Å². The summed E-state index contributed by atoms with van der Waals surface area (Å²) in [7, 11) is 0. The second kappa shape index (κ2) is 8.68. The van der Waals surface area contributed by atoms with Crippen molar-refractivity contribution in [3.63, 3.8) is 0 Å². The summed E-state index contributed by atoms with van der Waals surface area (Å²) in [6, 6.07) is 2.78. The zero-order valence-electron chi connectivity index (χ0n) is 12.1. The average Bonchev–Trinajstić information content (AvgIpc) is 2.97. The molecule has 0 aliphatic rings. The third-order valence-corrected chi connectivity index (χ3v) is 3.62. The van der Waals surface area contributed by atoms with E-state index in [1.54, 1.807) is 23.9 Å². The summed E-state index contributed by atoms with van der Waals surface area (Å²) in [6.07, 6.45) is 4.85. The summed E-state index contributed by atoms with van der Waals surface area (Å²) in [4.78, 5) is 24.1. The standard InChI is InChI=1S/C14H22N2O3S/c1-4-10(2)15-13(17)11(7-9-20-3)16-14(18)12-6-5-8-19-12/h5-6,8,10-11H,4,7,9H2,1-3H3,(H,15,17)(H,16,18)/t10-,11-/m1/s1. The van der Waals surface area contributed by atoms with Gasteiger partial charge in [-0.25, -0.2) is 0 Å². The molecule has 0 saturated carbocycles. The van der Waals surface area contributed by atoms with Crippen LogP contribution in [0, 0.1) is 0 Å². The molecule has 0 radical (unpaired) electrons. The molecule has 20 heavy (non-hydrogen) atoms. The summed E-state index contributed by atoms with van der Waals surface area (Å²) >= 11 is 1.64. The van der Waals surface area contributed by atoms with E-state index in [0.29, 0.717) is 6.42 Å². The number of hydrogen-bond acceptors (Lipinski definition) is 4. The average molecular weight is 298 g/mol. The number of carbonyl (C=O) groups excluding carboxylic acids is 2. The zero-order valence-corrected chi connectivity index (χ0v) is 13.0. The SMILES string of the molecule is CC[C@@H](C)NC(=O)[C@@H](CCSC)NC(=O)c1ccco1. The Morgan fingerprint density at radius 1 is 1.40 bits per heavy atom. The minimum Gasteiger partial charge on any atom is -0.459 e. The van der Waals surface area contributed by atoms with Crippen molar-refractivity contribution < 1.29 is 14.0 Å². The highest BCUT2D eigenvalue weighted by Crippen LogP contribution is 2.05. The van der Waals surface area contributed by atoms with Gasteiger partial charge in [0.1, 0.15) is 6.04 Å². The first kappa shape index (κ1) is 16.6. The fraction of sp³-hybridized carbons (Fsp3) is 0.571. The van der Waals surface area contributed by atoms with Crippen molar-refractivity contribution in [3.8, 4) is 0 Å². The maximum atomic E-state index is 12.2. The molecular formula is C14H22N2O3S. The van der Waals surface area contributed by atoms with Crippen LogP contribution in [0.15, 0.2) is 22.8 Å². The van der Waals surface area contributed by atoms with Crippen LogP contribution in [0.2, 0.25) is 0 Å². The Hall–Kier alpha value is -1.43. The van der Waals surface area contributed by atoms with E-state index in [9.17, 15) is 9.59 Å². The molecule has 0 aromatic carbocycles. The van der Waals surface area contributed by atoms with E-state index >= 15 is 0 Å². The molecule has 2 atom stereocenters. The van der Waals surface area contributed by atoms with Crippen molar-refractivity contribution in [3.05, 3.63) is 24.2 Å². The quantitative estimate of drug-likeness (QED) is 0.770. The Kier molecular flexibility index (Phi) is 7.22. The summed E-state index contributed by atoms with van der Waals surface area (Å²) in [5, 5.41) is 5.62. The lowest BCUT2D eigenvalue weighted by molar-refractivity contribution is -0.123. The molecule has 1 heterocycles. The first-order chi connectivity index (χ1) is 9.58. The van der Waals surface area contributed by atoms with Crippen molar-refractivity contribution in [1.82, 2.24) is 10.6 Å². The molecule has 2 N–H and O–H groups in total. The number of thioether (sulfide) groups is 1. The molecule has 0 saturated heterocycles. The molecule has 112 valence electrons. The second-order valence-corrected chi connectivity index (χ2v) is 5.59. The Labute approximate surface area is 123 Å². The molecule has 0 aliphatic carbocycles. The third kappa shape index (κ3) is 5.28. The van der Waals surface area contributed by atoms with Crippen molar-refractivity contribution in [1.29, 1.82) is 0 Å². The summed E-state index contributed by atoms with van der Waals surface area (Å²) < 4.78 is 5.03. The molecule has 1 aromatic rings. The highest BCUT2D eigenvalue weighted by Gasteiger charge is 2.22. The molecule has 0 aliphatic heterocycles. The maximum Gasteiger partial charge on any atom is 0.287 e. The molecule has 2 amide bonds.